The maximum Gasteiger partial charge on any atom is 0.306 e. The van der Waals surface area contributed by atoms with E-state index in [2.05, 4.69) is 0 Å². The summed E-state index contributed by atoms with van der Waals surface area (Å²) in [6.45, 7) is 0. The van der Waals surface area contributed by atoms with Crippen molar-refractivity contribution in [2.45, 2.75) is 0 Å². The lowest BCUT2D eigenvalue weighted by atomic mass is 10.1. The molecule has 0 N–H and O–H groups in total. The number of anilines is 1. The number of amides is 2. The van der Waals surface area contributed by atoms with Crippen molar-refractivity contribution in [1.29, 1.82) is 0 Å². The molecule has 0 bridgehead atoms. The fourth-order valence-electron chi connectivity index (χ4n) is 2.26. The average Bonchev–Trinajstić information content (AvgIpc) is 2.78. The van der Waals surface area contributed by atoms with Crippen LogP contribution in [0.5, 0.6) is 0 Å². The van der Waals surface area contributed by atoms with Gasteiger partial charge in [0.1, 0.15) is 0 Å². The van der Waals surface area contributed by atoms with Gasteiger partial charge in [-0.25, -0.2) is 4.90 Å². The summed E-state index contributed by atoms with van der Waals surface area (Å²) >= 11 is 0. The molecule has 2 aromatic carbocycles. The van der Waals surface area contributed by atoms with Crippen molar-refractivity contribution in [3.05, 3.63) is 71.8 Å². The Morgan fingerprint density at radius 2 is 1.32 bits per heavy atom. The molecule has 3 rings (SSSR count). The number of ketones is 1. The zero-order valence-corrected chi connectivity index (χ0v) is 11.4. The van der Waals surface area contributed by atoms with E-state index in [1.165, 1.54) is 24.3 Å². The molecule has 2 amide bonds. The molecule has 1 aliphatic heterocycles. The predicted octanol–water partition coefficient (Wildman–Crippen LogP) is 0.900. The van der Waals surface area contributed by atoms with Crippen LogP contribution in [0.2, 0.25) is 0 Å². The maximum absolute atomic E-state index is 12.4. The Labute approximate surface area is 126 Å². The van der Waals surface area contributed by atoms with E-state index in [1.807, 2.05) is 0 Å². The Balaban J connectivity index is 2.11. The Hall–Kier alpha value is -3.21. The average molecular weight is 292 g/mol. The SMILES string of the molecule is O=C1C(=O)N(c2ccccc2)C(=O)/C1=C(\[O-])c1ccccc1. The fraction of sp³-hybridized carbons (Fsp3) is 0. The third-order valence-electron chi connectivity index (χ3n) is 3.32. The van der Waals surface area contributed by atoms with Crippen LogP contribution in [0.3, 0.4) is 0 Å². The number of benzene rings is 2. The summed E-state index contributed by atoms with van der Waals surface area (Å²) in [5.74, 6) is -3.68. The minimum atomic E-state index is -1.07. The molecule has 0 aliphatic carbocycles. The highest BCUT2D eigenvalue weighted by molar-refractivity contribution is 6.64. The molecule has 0 unspecified atom stereocenters. The Morgan fingerprint density at radius 1 is 0.773 bits per heavy atom. The van der Waals surface area contributed by atoms with Crippen LogP contribution in [0.25, 0.3) is 5.76 Å². The molecule has 5 nitrogen and oxygen atoms in total. The van der Waals surface area contributed by atoms with Gasteiger partial charge in [0.2, 0.25) is 0 Å². The monoisotopic (exact) mass is 292 g/mol. The van der Waals surface area contributed by atoms with Gasteiger partial charge >= 0.3 is 5.91 Å². The number of hydrogen-bond acceptors (Lipinski definition) is 4. The van der Waals surface area contributed by atoms with E-state index in [-0.39, 0.29) is 11.3 Å². The number of hydrogen-bond donors (Lipinski definition) is 0. The Kier molecular flexibility index (Phi) is 3.31. The standard InChI is InChI=1S/C17H11NO4/c19-14(11-7-3-1-4-8-11)13-15(20)17(22)18(16(13)21)12-9-5-2-6-10-12/h1-10,19H/p-1/b14-13-. The van der Waals surface area contributed by atoms with Gasteiger partial charge in [0.25, 0.3) is 11.7 Å². The summed E-state index contributed by atoms with van der Waals surface area (Å²) in [5.41, 5.74) is -0.149. The highest BCUT2D eigenvalue weighted by atomic mass is 16.3. The lowest BCUT2D eigenvalue weighted by Gasteiger charge is -2.15. The number of nitrogens with zero attached hydrogens (tertiary/aromatic N) is 1. The van der Waals surface area contributed by atoms with Gasteiger partial charge in [-0.15, -0.1) is 0 Å². The van der Waals surface area contributed by atoms with Crippen molar-refractivity contribution in [3.63, 3.8) is 0 Å². The summed E-state index contributed by atoms with van der Waals surface area (Å²) in [4.78, 5) is 37.2. The Bertz CT molecular complexity index is 794. The minimum absolute atomic E-state index is 0.196. The second-order valence-electron chi connectivity index (χ2n) is 4.68. The first-order valence-corrected chi connectivity index (χ1v) is 6.56. The number of para-hydroxylation sites is 1. The molecule has 1 saturated heterocycles. The topological polar surface area (TPSA) is 77.5 Å². The van der Waals surface area contributed by atoms with E-state index in [0.29, 0.717) is 0 Å². The zero-order chi connectivity index (χ0) is 15.7. The number of imide groups is 1. The molecular formula is C17H10NO4-. The molecule has 1 heterocycles. The van der Waals surface area contributed by atoms with Gasteiger partial charge in [0.15, 0.2) is 0 Å². The van der Waals surface area contributed by atoms with Gasteiger partial charge in [-0.1, -0.05) is 54.3 Å². The summed E-state index contributed by atoms with van der Waals surface area (Å²) < 4.78 is 0. The van der Waals surface area contributed by atoms with Crippen molar-refractivity contribution in [2.75, 3.05) is 4.90 Å². The third-order valence-corrected chi connectivity index (χ3v) is 3.32. The van der Waals surface area contributed by atoms with Crippen LogP contribution in [0.1, 0.15) is 5.56 Å². The highest BCUT2D eigenvalue weighted by Crippen LogP contribution is 2.27. The molecular weight excluding hydrogens is 282 g/mol. The van der Waals surface area contributed by atoms with E-state index in [0.717, 1.165) is 4.90 Å². The Morgan fingerprint density at radius 3 is 1.91 bits per heavy atom. The predicted molar refractivity (Wildman–Crippen MR) is 77.3 cm³/mol. The quantitative estimate of drug-likeness (QED) is 0.271. The van der Waals surface area contributed by atoms with Crippen molar-refractivity contribution in [2.24, 2.45) is 0 Å². The van der Waals surface area contributed by atoms with Gasteiger partial charge in [-0.05, 0) is 17.7 Å². The number of carbonyl (C=O) groups is 3. The van der Waals surface area contributed by atoms with E-state index >= 15 is 0 Å². The lowest BCUT2D eigenvalue weighted by molar-refractivity contribution is -0.244. The fourth-order valence-corrected chi connectivity index (χ4v) is 2.26. The van der Waals surface area contributed by atoms with Gasteiger partial charge in [0.05, 0.1) is 11.3 Å². The summed E-state index contributed by atoms with van der Waals surface area (Å²) in [6, 6.07) is 16.0. The van der Waals surface area contributed by atoms with E-state index in [4.69, 9.17) is 0 Å². The molecule has 0 aromatic heterocycles. The smallest absolute Gasteiger partial charge is 0.306 e. The van der Waals surface area contributed by atoms with Crippen LogP contribution < -0.4 is 10.0 Å². The summed E-state index contributed by atoms with van der Waals surface area (Å²) in [6.07, 6.45) is 0. The van der Waals surface area contributed by atoms with Crippen LogP contribution in [0.4, 0.5) is 5.69 Å². The molecule has 2 aromatic rings. The largest absolute Gasteiger partial charge is 0.871 e. The zero-order valence-electron chi connectivity index (χ0n) is 11.4. The second kappa shape index (κ2) is 5.29. The van der Waals surface area contributed by atoms with Gasteiger partial charge in [0, 0.05) is 0 Å². The van der Waals surface area contributed by atoms with E-state index < -0.39 is 28.9 Å². The minimum Gasteiger partial charge on any atom is -0.871 e. The molecule has 5 heteroatoms. The number of Topliss-reactive ketones (excluding diaryl/α,β-unsaturated/α-hetero) is 1. The number of carbonyl (C=O) groups excluding carboxylic acids is 3. The van der Waals surface area contributed by atoms with Crippen LogP contribution >= 0.6 is 0 Å². The summed E-state index contributed by atoms with van der Waals surface area (Å²) in [7, 11) is 0. The molecule has 0 saturated carbocycles. The van der Waals surface area contributed by atoms with Crippen LogP contribution in [0, 0.1) is 0 Å². The maximum atomic E-state index is 12.4. The van der Waals surface area contributed by atoms with Crippen molar-refractivity contribution >= 4 is 29.0 Å². The van der Waals surface area contributed by atoms with Crippen LogP contribution in [0.15, 0.2) is 66.2 Å². The van der Waals surface area contributed by atoms with Crippen LogP contribution in [-0.4, -0.2) is 17.6 Å². The lowest BCUT2D eigenvalue weighted by Crippen LogP contribution is -2.30. The second-order valence-corrected chi connectivity index (χ2v) is 4.68. The third kappa shape index (κ3) is 2.09. The first-order chi connectivity index (χ1) is 10.6. The molecule has 0 radical (unpaired) electrons. The van der Waals surface area contributed by atoms with Crippen LogP contribution in [-0.2, 0) is 14.4 Å². The first kappa shape index (κ1) is 13.8. The molecule has 0 atom stereocenters. The normalized spacial score (nSPS) is 17.1. The molecule has 108 valence electrons. The van der Waals surface area contributed by atoms with Crippen molar-refractivity contribution in [1.82, 2.24) is 0 Å². The summed E-state index contributed by atoms with van der Waals surface area (Å²) in [5, 5.41) is 12.3. The van der Waals surface area contributed by atoms with Gasteiger partial charge in [-0.2, -0.15) is 0 Å². The molecule has 1 aliphatic rings. The van der Waals surface area contributed by atoms with Gasteiger partial charge < -0.3 is 5.11 Å². The highest BCUT2D eigenvalue weighted by Gasteiger charge is 2.43. The van der Waals surface area contributed by atoms with E-state index in [1.54, 1.807) is 36.4 Å². The van der Waals surface area contributed by atoms with Crippen molar-refractivity contribution < 1.29 is 19.5 Å². The molecule has 1 fully saturated rings. The van der Waals surface area contributed by atoms with Gasteiger partial charge in [-0.3, -0.25) is 14.4 Å². The van der Waals surface area contributed by atoms with Crippen molar-refractivity contribution in [3.8, 4) is 0 Å². The van der Waals surface area contributed by atoms with E-state index in [9.17, 15) is 19.5 Å². The molecule has 0 spiro atoms. The first-order valence-electron chi connectivity index (χ1n) is 6.56. The number of rotatable bonds is 2. The molecule has 22 heavy (non-hydrogen) atoms.